The summed E-state index contributed by atoms with van der Waals surface area (Å²) < 4.78 is 28.6. The van der Waals surface area contributed by atoms with E-state index in [-0.39, 0.29) is 4.90 Å². The molecule has 0 unspecified atom stereocenters. The number of anilines is 1. The van der Waals surface area contributed by atoms with Crippen LogP contribution in [0.15, 0.2) is 33.2 Å². The van der Waals surface area contributed by atoms with Crippen LogP contribution in [0.1, 0.15) is 20.8 Å². The number of hydrogen-bond donors (Lipinski definition) is 2. The molecule has 0 fully saturated rings. The Morgan fingerprint density at radius 1 is 1.33 bits per heavy atom. The molecule has 0 aliphatic carbocycles. The zero-order valence-electron chi connectivity index (χ0n) is 11.8. The summed E-state index contributed by atoms with van der Waals surface area (Å²) >= 11 is 4.65. The van der Waals surface area contributed by atoms with Crippen LogP contribution in [0.4, 0.5) is 5.69 Å². The fourth-order valence-corrected chi connectivity index (χ4v) is 4.85. The van der Waals surface area contributed by atoms with Gasteiger partial charge in [0.2, 0.25) is 10.0 Å². The lowest BCUT2D eigenvalue weighted by molar-refractivity contribution is 0.491. The molecule has 21 heavy (non-hydrogen) atoms. The largest absolute Gasteiger partial charge is 0.399 e. The summed E-state index contributed by atoms with van der Waals surface area (Å²) in [6.07, 6.45) is 1.64. The van der Waals surface area contributed by atoms with Gasteiger partial charge in [0.15, 0.2) is 3.92 Å². The highest BCUT2D eigenvalue weighted by molar-refractivity contribution is 9.11. The van der Waals surface area contributed by atoms with Crippen LogP contribution in [0, 0.1) is 0 Å². The van der Waals surface area contributed by atoms with E-state index in [1.54, 1.807) is 39.1 Å². The van der Waals surface area contributed by atoms with Crippen LogP contribution in [0.2, 0.25) is 0 Å². The zero-order chi connectivity index (χ0) is 15.8. The van der Waals surface area contributed by atoms with Crippen molar-refractivity contribution in [3.05, 3.63) is 28.3 Å². The molecule has 8 heteroatoms. The van der Waals surface area contributed by atoms with E-state index < -0.39 is 15.6 Å². The fraction of sp³-hybridized carbons (Fsp3) is 0.308. The lowest BCUT2D eigenvalue weighted by Crippen LogP contribution is -2.40. The van der Waals surface area contributed by atoms with Gasteiger partial charge in [0.05, 0.1) is 9.77 Å². The van der Waals surface area contributed by atoms with E-state index in [2.05, 4.69) is 25.6 Å². The summed E-state index contributed by atoms with van der Waals surface area (Å²) in [5, 5.41) is 0. The van der Waals surface area contributed by atoms with E-state index in [9.17, 15) is 8.42 Å². The van der Waals surface area contributed by atoms with Crippen LogP contribution in [0.3, 0.4) is 0 Å². The Hall–Kier alpha value is -0.960. The van der Waals surface area contributed by atoms with Crippen molar-refractivity contribution in [3.63, 3.8) is 0 Å². The summed E-state index contributed by atoms with van der Waals surface area (Å²) in [7, 11) is -3.68. The third kappa shape index (κ3) is 4.03. The van der Waals surface area contributed by atoms with E-state index in [1.807, 2.05) is 0 Å². The summed E-state index contributed by atoms with van der Waals surface area (Å²) in [6.45, 7) is 5.37. The van der Waals surface area contributed by atoms with Gasteiger partial charge >= 0.3 is 0 Å². The molecule has 0 radical (unpaired) electrons. The Balaban J connectivity index is 2.60. The fourth-order valence-electron chi connectivity index (χ4n) is 1.80. The van der Waals surface area contributed by atoms with Gasteiger partial charge in [0.25, 0.3) is 0 Å². The molecule has 0 amide bonds. The molecule has 1 heterocycles. The molecule has 1 aromatic carbocycles. The third-order valence-corrected chi connectivity index (χ3v) is 5.79. The number of benzene rings is 1. The number of rotatable bonds is 3. The topological polar surface area (TPSA) is 85.1 Å². The number of hydrogen-bond acceptors (Lipinski definition) is 5. The van der Waals surface area contributed by atoms with Crippen LogP contribution in [0.25, 0.3) is 10.4 Å². The van der Waals surface area contributed by atoms with Crippen molar-refractivity contribution < 1.29 is 8.42 Å². The third-order valence-electron chi connectivity index (χ3n) is 2.48. The van der Waals surface area contributed by atoms with Crippen LogP contribution >= 0.6 is 27.3 Å². The van der Waals surface area contributed by atoms with Crippen molar-refractivity contribution in [1.29, 1.82) is 0 Å². The van der Waals surface area contributed by atoms with Crippen molar-refractivity contribution in [2.75, 3.05) is 5.73 Å². The lowest BCUT2D eigenvalue weighted by atomic mass is 10.1. The van der Waals surface area contributed by atoms with Crippen molar-refractivity contribution >= 4 is 43.0 Å². The Morgan fingerprint density at radius 2 is 2.00 bits per heavy atom. The second kappa shape index (κ2) is 5.68. The first-order valence-electron chi connectivity index (χ1n) is 6.14. The summed E-state index contributed by atoms with van der Waals surface area (Å²) in [4.78, 5) is 5.02. The minimum absolute atomic E-state index is 0.161. The smallest absolute Gasteiger partial charge is 0.241 e. The number of nitrogens with one attached hydrogen (secondary N) is 1. The second-order valence-corrected chi connectivity index (χ2v) is 9.55. The number of nitrogens with two attached hydrogens (primary N) is 1. The summed E-state index contributed by atoms with van der Waals surface area (Å²) in [5.41, 5.74) is 6.17. The monoisotopic (exact) mass is 389 g/mol. The molecule has 0 atom stereocenters. The highest BCUT2D eigenvalue weighted by atomic mass is 79.9. The average Bonchev–Trinajstić information content (AvgIpc) is 2.72. The number of nitrogens with zero attached hydrogens (tertiary/aromatic N) is 1. The summed E-state index contributed by atoms with van der Waals surface area (Å²) in [5.74, 6) is 0. The summed E-state index contributed by atoms with van der Waals surface area (Å²) in [6, 6.07) is 4.85. The number of thiazole rings is 1. The number of halogens is 1. The normalized spacial score (nSPS) is 12.6. The number of sulfonamides is 1. The van der Waals surface area contributed by atoms with Gasteiger partial charge in [0.1, 0.15) is 0 Å². The molecule has 0 aliphatic rings. The maximum atomic E-state index is 12.6. The first kappa shape index (κ1) is 16.4. The molecule has 0 spiro atoms. The minimum Gasteiger partial charge on any atom is -0.399 e. The van der Waals surface area contributed by atoms with E-state index in [1.165, 1.54) is 17.4 Å². The van der Waals surface area contributed by atoms with E-state index in [0.717, 1.165) is 4.88 Å². The maximum absolute atomic E-state index is 12.6. The van der Waals surface area contributed by atoms with E-state index in [4.69, 9.17) is 5.73 Å². The molecule has 0 saturated heterocycles. The van der Waals surface area contributed by atoms with Crippen molar-refractivity contribution in [2.45, 2.75) is 31.2 Å². The number of aromatic nitrogens is 1. The first-order valence-corrected chi connectivity index (χ1v) is 9.23. The predicted octanol–water partition coefficient (Wildman–Crippen LogP) is 3.23. The first-order chi connectivity index (χ1) is 9.58. The molecule has 0 aliphatic heterocycles. The molecule has 2 aromatic rings. The van der Waals surface area contributed by atoms with Crippen LogP contribution in [0.5, 0.6) is 0 Å². The Bertz CT molecular complexity index is 764. The van der Waals surface area contributed by atoms with Gasteiger partial charge in [-0.3, -0.25) is 0 Å². The van der Waals surface area contributed by atoms with Gasteiger partial charge in [-0.1, -0.05) is 6.07 Å². The Morgan fingerprint density at radius 3 is 2.52 bits per heavy atom. The van der Waals surface area contributed by atoms with Gasteiger partial charge in [0, 0.05) is 23.0 Å². The number of nitrogen functional groups attached to an aromatic ring is 1. The molecular weight excluding hydrogens is 374 g/mol. The van der Waals surface area contributed by atoms with Gasteiger partial charge in [-0.05, 0) is 48.8 Å². The molecule has 5 nitrogen and oxygen atoms in total. The zero-order valence-corrected chi connectivity index (χ0v) is 15.1. The molecule has 0 bridgehead atoms. The highest BCUT2D eigenvalue weighted by Crippen LogP contribution is 2.34. The van der Waals surface area contributed by atoms with Gasteiger partial charge in [-0.25, -0.2) is 18.1 Å². The molecule has 3 N–H and O–H groups in total. The predicted molar refractivity (Wildman–Crippen MR) is 89.7 cm³/mol. The van der Waals surface area contributed by atoms with E-state index in [0.29, 0.717) is 15.2 Å². The lowest BCUT2D eigenvalue weighted by Gasteiger charge is -2.21. The van der Waals surface area contributed by atoms with Crippen LogP contribution < -0.4 is 10.5 Å². The van der Waals surface area contributed by atoms with E-state index >= 15 is 0 Å². The van der Waals surface area contributed by atoms with Gasteiger partial charge in [-0.2, -0.15) is 0 Å². The van der Waals surface area contributed by atoms with Crippen LogP contribution in [-0.2, 0) is 10.0 Å². The quantitative estimate of drug-likeness (QED) is 0.788. The van der Waals surface area contributed by atoms with Crippen molar-refractivity contribution in [3.8, 4) is 10.4 Å². The SMILES string of the molecule is CC(C)(C)NS(=O)(=O)c1cc(N)ccc1-c1cnc(Br)s1. The van der Waals surface area contributed by atoms with Gasteiger partial charge in [-0.15, -0.1) is 11.3 Å². The molecule has 0 saturated carbocycles. The van der Waals surface area contributed by atoms with Crippen molar-refractivity contribution in [2.24, 2.45) is 0 Å². The standard InChI is InChI=1S/C13H16BrN3O2S2/c1-13(2,3)17-21(18,19)11-6-8(15)4-5-9(11)10-7-16-12(14)20-10/h4-7,17H,15H2,1-3H3. The van der Waals surface area contributed by atoms with Gasteiger partial charge < -0.3 is 5.73 Å². The molecule has 1 aromatic heterocycles. The second-order valence-electron chi connectivity index (χ2n) is 5.59. The maximum Gasteiger partial charge on any atom is 0.241 e. The highest BCUT2D eigenvalue weighted by Gasteiger charge is 2.25. The molecule has 114 valence electrons. The Kier molecular flexibility index (Phi) is 4.44. The average molecular weight is 390 g/mol. The molecule has 2 rings (SSSR count). The van der Waals surface area contributed by atoms with Crippen molar-refractivity contribution in [1.82, 2.24) is 9.71 Å². The minimum atomic E-state index is -3.68. The van der Waals surface area contributed by atoms with Crippen LogP contribution in [-0.4, -0.2) is 18.9 Å². The Labute approximate surface area is 136 Å². The molecular formula is C13H16BrN3O2S2.